The van der Waals surface area contributed by atoms with Crippen molar-refractivity contribution in [2.24, 2.45) is 0 Å². The molecule has 4 rings (SSSR count). The predicted molar refractivity (Wildman–Crippen MR) is 107 cm³/mol. The van der Waals surface area contributed by atoms with Crippen LogP contribution in [-0.4, -0.2) is 40.9 Å². The fraction of sp³-hybridized carbons (Fsp3) is 0.273. The van der Waals surface area contributed by atoms with E-state index in [-0.39, 0.29) is 29.4 Å². The number of halogens is 3. The van der Waals surface area contributed by atoms with Crippen LogP contribution in [0.1, 0.15) is 44.7 Å². The Morgan fingerprint density at radius 1 is 0.970 bits per heavy atom. The van der Waals surface area contributed by atoms with Gasteiger partial charge in [-0.05, 0) is 53.9 Å². The molecule has 4 amide bonds. The van der Waals surface area contributed by atoms with Crippen molar-refractivity contribution < 1.29 is 37.1 Å². The molecule has 11 heteroatoms. The van der Waals surface area contributed by atoms with E-state index in [9.17, 15) is 32.3 Å². The highest BCUT2D eigenvalue weighted by Crippen LogP contribution is 2.28. The first-order chi connectivity index (χ1) is 15.6. The molecule has 0 saturated carbocycles. The van der Waals surface area contributed by atoms with Crippen molar-refractivity contribution in [3.05, 3.63) is 64.7 Å². The van der Waals surface area contributed by atoms with Crippen molar-refractivity contribution in [1.29, 1.82) is 0 Å². The van der Waals surface area contributed by atoms with Crippen LogP contribution in [-0.2, 0) is 22.7 Å². The predicted octanol–water partition coefficient (Wildman–Crippen LogP) is 2.28. The Morgan fingerprint density at radius 2 is 1.61 bits per heavy atom. The Hall–Kier alpha value is -3.73. The molecule has 0 spiro atoms. The summed E-state index contributed by atoms with van der Waals surface area (Å²) < 4.78 is 40.5. The van der Waals surface area contributed by atoms with E-state index in [1.807, 2.05) is 4.90 Å². The second-order valence-corrected chi connectivity index (χ2v) is 7.71. The lowest BCUT2D eigenvalue weighted by Gasteiger charge is -2.29. The lowest BCUT2D eigenvalue weighted by atomic mass is 10.0. The molecule has 33 heavy (non-hydrogen) atoms. The van der Waals surface area contributed by atoms with E-state index in [1.165, 1.54) is 0 Å². The van der Waals surface area contributed by atoms with E-state index in [1.54, 1.807) is 18.2 Å². The Labute approximate surface area is 185 Å². The zero-order valence-electron chi connectivity index (χ0n) is 17.1. The van der Waals surface area contributed by atoms with E-state index in [2.05, 4.69) is 15.4 Å². The maximum atomic E-state index is 12.5. The first-order valence-electron chi connectivity index (χ1n) is 10.00. The lowest BCUT2D eigenvalue weighted by Crippen LogP contribution is -2.50. The van der Waals surface area contributed by atoms with Gasteiger partial charge in [0.05, 0.1) is 6.04 Å². The third kappa shape index (κ3) is 5.20. The third-order valence-corrected chi connectivity index (χ3v) is 5.44. The van der Waals surface area contributed by atoms with Gasteiger partial charge in [0.1, 0.15) is 5.75 Å². The summed E-state index contributed by atoms with van der Waals surface area (Å²) in [4.78, 5) is 50.2. The smallest absolute Gasteiger partial charge is 0.406 e. The van der Waals surface area contributed by atoms with Gasteiger partial charge in [-0.2, -0.15) is 0 Å². The average molecular weight is 461 g/mol. The number of benzene rings is 2. The molecule has 1 atom stereocenters. The average Bonchev–Trinajstić information content (AvgIpc) is 3.16. The van der Waals surface area contributed by atoms with E-state index in [4.69, 9.17) is 0 Å². The van der Waals surface area contributed by atoms with Crippen molar-refractivity contribution in [3.63, 3.8) is 0 Å². The Bertz CT molecular complexity index is 1130. The number of fused-ring (bicyclic) bond motifs is 1. The second-order valence-electron chi connectivity index (χ2n) is 7.71. The minimum Gasteiger partial charge on any atom is -0.406 e. The van der Waals surface area contributed by atoms with Crippen LogP contribution in [0.4, 0.5) is 13.2 Å². The monoisotopic (exact) mass is 461 g/mol. The summed E-state index contributed by atoms with van der Waals surface area (Å²) in [6, 6.07) is 8.67. The molecule has 2 aliphatic heterocycles. The van der Waals surface area contributed by atoms with Crippen molar-refractivity contribution in [3.8, 4) is 5.75 Å². The van der Waals surface area contributed by atoms with Crippen LogP contribution in [0.5, 0.6) is 5.75 Å². The Kier molecular flexibility index (Phi) is 5.90. The van der Waals surface area contributed by atoms with Gasteiger partial charge >= 0.3 is 6.36 Å². The number of imide groups is 2. The van der Waals surface area contributed by atoms with E-state index >= 15 is 0 Å². The van der Waals surface area contributed by atoms with Gasteiger partial charge < -0.3 is 4.74 Å². The maximum Gasteiger partial charge on any atom is 0.573 e. The van der Waals surface area contributed by atoms with Crippen molar-refractivity contribution >= 4 is 23.6 Å². The minimum absolute atomic E-state index is 0.0110. The fourth-order valence-electron chi connectivity index (χ4n) is 3.87. The molecular formula is C22H18F3N3O5. The number of ether oxygens (including phenoxy) is 1. The third-order valence-electron chi connectivity index (χ3n) is 5.44. The highest BCUT2D eigenvalue weighted by molar-refractivity contribution is 6.10. The van der Waals surface area contributed by atoms with Crippen molar-refractivity contribution in [2.75, 3.05) is 0 Å². The molecule has 0 radical (unpaired) electrons. The maximum absolute atomic E-state index is 12.5. The van der Waals surface area contributed by atoms with Crippen LogP contribution in [0.2, 0.25) is 0 Å². The summed E-state index contributed by atoms with van der Waals surface area (Å²) in [7, 11) is 0. The SMILES string of the molecule is O=C1CCC(N2Cc3ccc(C(=O)NC(=O)c4ccc(OC(F)(F)F)cc4)cc3C2)C(=O)N1. The number of hydrogen-bond acceptors (Lipinski definition) is 6. The first-order valence-corrected chi connectivity index (χ1v) is 10.00. The molecule has 1 fully saturated rings. The van der Waals surface area contributed by atoms with Gasteiger partial charge in [-0.3, -0.25) is 34.7 Å². The zero-order chi connectivity index (χ0) is 23.8. The van der Waals surface area contributed by atoms with Crippen LogP contribution in [0.15, 0.2) is 42.5 Å². The van der Waals surface area contributed by atoms with Gasteiger partial charge in [0.2, 0.25) is 11.8 Å². The minimum atomic E-state index is -4.85. The molecule has 2 aliphatic rings. The number of alkyl halides is 3. The van der Waals surface area contributed by atoms with Crippen molar-refractivity contribution in [1.82, 2.24) is 15.5 Å². The molecule has 2 N–H and O–H groups in total. The van der Waals surface area contributed by atoms with Gasteiger partial charge in [0.15, 0.2) is 0 Å². The summed E-state index contributed by atoms with van der Waals surface area (Å²) in [5.41, 5.74) is 1.98. The molecule has 2 heterocycles. The molecule has 172 valence electrons. The van der Waals surface area contributed by atoms with Crippen LogP contribution in [0.25, 0.3) is 0 Å². The van der Waals surface area contributed by atoms with Crippen LogP contribution < -0.4 is 15.4 Å². The van der Waals surface area contributed by atoms with E-state index < -0.39 is 30.0 Å². The van der Waals surface area contributed by atoms with Crippen LogP contribution in [0, 0.1) is 0 Å². The largest absolute Gasteiger partial charge is 0.573 e. The van der Waals surface area contributed by atoms with Crippen molar-refractivity contribution in [2.45, 2.75) is 38.3 Å². The number of piperidine rings is 1. The molecule has 1 unspecified atom stereocenters. The molecular weight excluding hydrogens is 443 g/mol. The molecule has 1 saturated heterocycles. The summed E-state index contributed by atoms with van der Waals surface area (Å²) in [5.74, 6) is -2.56. The van der Waals surface area contributed by atoms with Gasteiger partial charge in [-0.15, -0.1) is 13.2 Å². The number of amides is 4. The van der Waals surface area contributed by atoms with E-state index in [0.717, 1.165) is 35.4 Å². The molecule has 8 nitrogen and oxygen atoms in total. The number of carbonyl (C=O) groups excluding carboxylic acids is 4. The normalized spacial score (nSPS) is 18.5. The molecule has 2 aromatic rings. The van der Waals surface area contributed by atoms with Crippen LogP contribution >= 0.6 is 0 Å². The van der Waals surface area contributed by atoms with E-state index in [0.29, 0.717) is 19.5 Å². The van der Waals surface area contributed by atoms with Gasteiger partial charge in [0.25, 0.3) is 11.8 Å². The Morgan fingerprint density at radius 3 is 2.27 bits per heavy atom. The highest BCUT2D eigenvalue weighted by Gasteiger charge is 2.35. The van der Waals surface area contributed by atoms with Gasteiger partial charge in [0, 0.05) is 30.6 Å². The first kappa shape index (κ1) is 22.5. The molecule has 0 aromatic heterocycles. The summed E-state index contributed by atoms with van der Waals surface area (Å²) in [5, 5.41) is 4.53. The zero-order valence-corrected chi connectivity index (χ0v) is 17.1. The topological polar surface area (TPSA) is 105 Å². The second kappa shape index (κ2) is 8.66. The number of carbonyl (C=O) groups is 4. The van der Waals surface area contributed by atoms with Gasteiger partial charge in [-0.25, -0.2) is 0 Å². The van der Waals surface area contributed by atoms with Gasteiger partial charge in [-0.1, -0.05) is 6.07 Å². The highest BCUT2D eigenvalue weighted by atomic mass is 19.4. The number of nitrogens with one attached hydrogen (secondary N) is 2. The summed E-state index contributed by atoms with van der Waals surface area (Å²) in [6.07, 6.45) is -4.16. The number of rotatable bonds is 4. The molecule has 0 aliphatic carbocycles. The Balaban J connectivity index is 1.39. The molecule has 0 bridgehead atoms. The number of hydrogen-bond donors (Lipinski definition) is 2. The van der Waals surface area contributed by atoms with Crippen LogP contribution in [0.3, 0.4) is 0 Å². The summed E-state index contributed by atoms with van der Waals surface area (Å²) >= 11 is 0. The summed E-state index contributed by atoms with van der Waals surface area (Å²) in [6.45, 7) is 0.909. The fourth-order valence-corrected chi connectivity index (χ4v) is 3.87. The lowest BCUT2D eigenvalue weighted by molar-refractivity contribution is -0.274. The quantitative estimate of drug-likeness (QED) is 0.677. The number of nitrogens with zero attached hydrogens (tertiary/aromatic N) is 1. The standard InChI is InChI=1S/C22H18F3N3O5/c23-22(24,25)33-16-5-3-12(4-6-16)19(30)27-20(31)13-1-2-14-10-28(11-15(14)9-13)17-7-8-18(29)26-21(17)32/h1-6,9,17H,7-8,10-11H2,(H,26,29,32)(H,27,30,31). The molecule has 2 aromatic carbocycles.